The summed E-state index contributed by atoms with van der Waals surface area (Å²) in [6.45, 7) is 7.11. The summed E-state index contributed by atoms with van der Waals surface area (Å²) in [4.78, 5) is 21.8. The molecule has 6 heterocycles. The maximum absolute atomic E-state index is 9.77. The lowest BCUT2D eigenvalue weighted by Gasteiger charge is -2.41. The standard InChI is InChI=1S/C15H17ClN2OS.C12H13ClN2S.C3H4O2/c16-11-1-2-14-13(7-11)17-15(20-14)10-3-5-18(6-4-10)12-8-19-9-12;13-9-1-2-11-10(7-9)15-12(16-11)8-3-5-14-6-4-8;4-3-1-5-2-3/h1-2,7,10,12H,3-6,8-9H2;1-2,7-8,14H,3-6H2;1-2H2. The number of likely N-dealkylation sites (tertiary alicyclic amines) is 1. The van der Waals surface area contributed by atoms with Crippen LogP contribution in [0.2, 0.25) is 10.0 Å². The van der Waals surface area contributed by atoms with Crippen molar-refractivity contribution < 1.29 is 14.3 Å². The number of hydrogen-bond acceptors (Lipinski definition) is 9. The Hall–Kier alpha value is -1.69. The molecular weight excluding hydrogens is 599 g/mol. The molecule has 4 saturated heterocycles. The summed E-state index contributed by atoms with van der Waals surface area (Å²) < 4.78 is 12.3. The van der Waals surface area contributed by atoms with Crippen LogP contribution in [0, 0.1) is 0 Å². The first-order chi connectivity index (χ1) is 20.0. The second-order valence-corrected chi connectivity index (χ2v) is 13.9. The molecule has 0 atom stereocenters. The third-order valence-electron chi connectivity index (χ3n) is 7.96. The van der Waals surface area contributed by atoms with Crippen LogP contribution in [0.5, 0.6) is 0 Å². The topological polar surface area (TPSA) is 76.6 Å². The van der Waals surface area contributed by atoms with E-state index in [4.69, 9.17) is 37.9 Å². The number of carbonyl (C=O) groups is 1. The predicted octanol–water partition coefficient (Wildman–Crippen LogP) is 6.53. The number of ether oxygens (including phenoxy) is 2. The molecule has 4 aliphatic rings. The van der Waals surface area contributed by atoms with E-state index >= 15 is 0 Å². The van der Waals surface area contributed by atoms with Crippen LogP contribution in [0.3, 0.4) is 0 Å². The average molecular weight is 634 g/mol. The van der Waals surface area contributed by atoms with Crippen LogP contribution in [0.25, 0.3) is 20.4 Å². The Kier molecular flexibility index (Phi) is 9.84. The molecule has 218 valence electrons. The van der Waals surface area contributed by atoms with Crippen LogP contribution in [0.1, 0.15) is 47.5 Å². The van der Waals surface area contributed by atoms with Gasteiger partial charge in [0, 0.05) is 21.9 Å². The van der Waals surface area contributed by atoms with E-state index in [0.29, 0.717) is 31.1 Å². The summed E-state index contributed by atoms with van der Waals surface area (Å²) in [5.74, 6) is 1.46. The Labute approximate surface area is 258 Å². The molecule has 2 aromatic heterocycles. The fourth-order valence-corrected chi connectivity index (χ4v) is 7.95. The highest BCUT2D eigenvalue weighted by Gasteiger charge is 2.31. The number of benzene rings is 2. The molecule has 7 nitrogen and oxygen atoms in total. The molecule has 4 fully saturated rings. The number of nitrogens with one attached hydrogen (secondary N) is 1. The van der Waals surface area contributed by atoms with Crippen molar-refractivity contribution in [1.82, 2.24) is 20.2 Å². The van der Waals surface area contributed by atoms with Crippen LogP contribution < -0.4 is 5.32 Å². The molecule has 2 aromatic carbocycles. The van der Waals surface area contributed by atoms with Gasteiger partial charge in [-0.15, -0.1) is 22.7 Å². The molecular formula is C30H34Cl2N4O3S2. The van der Waals surface area contributed by atoms with Crippen LogP contribution in [0.4, 0.5) is 0 Å². The van der Waals surface area contributed by atoms with Crippen molar-refractivity contribution in [1.29, 1.82) is 0 Å². The second kappa shape index (κ2) is 13.7. The van der Waals surface area contributed by atoms with Gasteiger partial charge in [0.2, 0.25) is 0 Å². The number of halogens is 2. The van der Waals surface area contributed by atoms with Gasteiger partial charge in [-0.05, 0) is 88.3 Å². The molecule has 0 radical (unpaired) electrons. The highest BCUT2D eigenvalue weighted by Crippen LogP contribution is 2.36. The Bertz CT molecular complexity index is 1470. The third-order valence-corrected chi connectivity index (χ3v) is 10.8. The van der Waals surface area contributed by atoms with Gasteiger partial charge in [0.05, 0.1) is 49.7 Å². The summed E-state index contributed by atoms with van der Waals surface area (Å²) in [5, 5.41) is 7.49. The average Bonchev–Trinajstić information content (AvgIpc) is 3.56. The number of aromatic nitrogens is 2. The molecule has 0 aliphatic carbocycles. The van der Waals surface area contributed by atoms with Crippen LogP contribution >= 0.6 is 45.9 Å². The summed E-state index contributed by atoms with van der Waals surface area (Å²) in [5.41, 5.74) is 2.10. The number of ketones is 1. The zero-order valence-electron chi connectivity index (χ0n) is 22.8. The lowest BCUT2D eigenvalue weighted by atomic mass is 9.96. The number of fused-ring (bicyclic) bond motifs is 2. The van der Waals surface area contributed by atoms with Gasteiger partial charge >= 0.3 is 0 Å². The smallest absolute Gasteiger partial charge is 0.184 e. The first-order valence-electron chi connectivity index (χ1n) is 14.3. The Morgan fingerprint density at radius 3 is 1.73 bits per heavy atom. The minimum absolute atomic E-state index is 0.213. The van der Waals surface area contributed by atoms with Gasteiger partial charge in [0.15, 0.2) is 5.78 Å². The highest BCUT2D eigenvalue weighted by atomic mass is 35.5. The molecule has 0 unspecified atom stereocenters. The first-order valence-corrected chi connectivity index (χ1v) is 16.6. The highest BCUT2D eigenvalue weighted by molar-refractivity contribution is 7.19. The molecule has 0 saturated carbocycles. The Morgan fingerprint density at radius 2 is 1.29 bits per heavy atom. The fourth-order valence-electron chi connectivity index (χ4n) is 5.39. The number of carbonyl (C=O) groups excluding carboxylic acids is 1. The summed E-state index contributed by atoms with van der Waals surface area (Å²) >= 11 is 15.6. The SMILES string of the molecule is Clc1ccc2sc(C3CCN(C4COC4)CC3)nc2c1.Clc1ccc2sc(C3CCNCC3)nc2c1.O=C1COC1. The van der Waals surface area contributed by atoms with Crippen LogP contribution in [-0.2, 0) is 14.3 Å². The van der Waals surface area contributed by atoms with Crippen molar-refractivity contribution in [2.75, 3.05) is 52.6 Å². The molecule has 4 aromatic rings. The monoisotopic (exact) mass is 632 g/mol. The van der Waals surface area contributed by atoms with Crippen molar-refractivity contribution in [3.8, 4) is 0 Å². The number of hydrogen-bond donors (Lipinski definition) is 1. The zero-order valence-corrected chi connectivity index (χ0v) is 26.0. The van der Waals surface area contributed by atoms with E-state index in [1.165, 1.54) is 58.2 Å². The normalized spacial score (nSPS) is 20.6. The maximum atomic E-state index is 9.77. The molecule has 8 rings (SSSR count). The van der Waals surface area contributed by atoms with Crippen LogP contribution in [0.15, 0.2) is 36.4 Å². The van der Waals surface area contributed by atoms with E-state index in [0.717, 1.165) is 47.4 Å². The lowest BCUT2D eigenvalue weighted by Crippen LogP contribution is -2.51. The van der Waals surface area contributed by atoms with Crippen molar-refractivity contribution in [2.24, 2.45) is 0 Å². The first kappa shape index (κ1) is 29.4. The van der Waals surface area contributed by atoms with Crippen molar-refractivity contribution >= 4 is 72.1 Å². The lowest BCUT2D eigenvalue weighted by molar-refractivity contribution is -0.140. The minimum Gasteiger partial charge on any atom is -0.378 e. The molecule has 0 spiro atoms. The van der Waals surface area contributed by atoms with Crippen molar-refractivity contribution in [3.05, 3.63) is 56.5 Å². The van der Waals surface area contributed by atoms with Gasteiger partial charge in [-0.3, -0.25) is 9.69 Å². The summed E-state index contributed by atoms with van der Waals surface area (Å²) in [6.07, 6.45) is 4.83. The van der Waals surface area contributed by atoms with E-state index in [9.17, 15) is 4.79 Å². The van der Waals surface area contributed by atoms with Gasteiger partial charge < -0.3 is 14.8 Å². The van der Waals surface area contributed by atoms with Gasteiger partial charge in [-0.2, -0.15) is 0 Å². The maximum Gasteiger partial charge on any atom is 0.184 e. The minimum atomic E-state index is 0.213. The number of Topliss-reactive ketones (excluding diaryl/α,β-unsaturated/α-hetero) is 1. The van der Waals surface area contributed by atoms with Crippen LogP contribution in [-0.4, -0.2) is 79.3 Å². The fraction of sp³-hybridized carbons (Fsp3) is 0.500. The second-order valence-electron chi connectivity index (χ2n) is 10.9. The number of rotatable bonds is 3. The number of nitrogens with zero attached hydrogens (tertiary/aromatic N) is 3. The quantitative estimate of drug-likeness (QED) is 0.275. The number of thiazole rings is 2. The largest absolute Gasteiger partial charge is 0.378 e. The Balaban J connectivity index is 0.000000128. The summed E-state index contributed by atoms with van der Waals surface area (Å²) in [6, 6.07) is 12.6. The Morgan fingerprint density at radius 1 is 0.780 bits per heavy atom. The predicted molar refractivity (Wildman–Crippen MR) is 168 cm³/mol. The third kappa shape index (κ3) is 7.46. The van der Waals surface area contributed by atoms with E-state index in [1.54, 1.807) is 0 Å². The molecule has 0 bridgehead atoms. The van der Waals surface area contributed by atoms with Gasteiger partial charge in [0.1, 0.15) is 13.2 Å². The summed E-state index contributed by atoms with van der Waals surface area (Å²) in [7, 11) is 0. The van der Waals surface area contributed by atoms with E-state index in [-0.39, 0.29) is 5.78 Å². The van der Waals surface area contributed by atoms with Crippen molar-refractivity contribution in [2.45, 2.75) is 43.6 Å². The molecule has 1 N–H and O–H groups in total. The molecule has 4 aliphatic heterocycles. The van der Waals surface area contributed by atoms with E-state index in [1.807, 2.05) is 46.9 Å². The molecule has 0 amide bonds. The van der Waals surface area contributed by atoms with Crippen molar-refractivity contribution in [3.63, 3.8) is 0 Å². The molecule has 11 heteroatoms. The zero-order chi connectivity index (χ0) is 28.2. The van der Waals surface area contributed by atoms with E-state index < -0.39 is 0 Å². The van der Waals surface area contributed by atoms with Gasteiger partial charge in [-0.25, -0.2) is 9.97 Å². The van der Waals surface area contributed by atoms with Gasteiger partial charge in [0.25, 0.3) is 0 Å². The van der Waals surface area contributed by atoms with E-state index in [2.05, 4.69) is 27.1 Å². The van der Waals surface area contributed by atoms with Gasteiger partial charge in [-0.1, -0.05) is 23.2 Å². The number of piperidine rings is 2. The molecule has 41 heavy (non-hydrogen) atoms.